The number of hydrogen-bond donors (Lipinski definition) is 2. The van der Waals surface area contributed by atoms with E-state index in [1.54, 1.807) is 19.2 Å². The Labute approximate surface area is 185 Å². The van der Waals surface area contributed by atoms with Crippen molar-refractivity contribution >= 4 is 19.6 Å². The van der Waals surface area contributed by atoms with Crippen molar-refractivity contribution in [1.82, 2.24) is 0 Å². The normalized spacial score (nSPS) is 13.2. The molecule has 0 saturated carbocycles. The SMILES string of the molecule is CCC(C)(Pc1ccc(F)cc1CNc1ccccc1)c1cc(OC)cc(OC)c1O. The third kappa shape index (κ3) is 5.29. The highest BCUT2D eigenvalue weighted by Gasteiger charge is 2.31. The number of phenolic OH excluding ortho intramolecular Hbond substituents is 1. The lowest BCUT2D eigenvalue weighted by atomic mass is 9.95. The van der Waals surface area contributed by atoms with Crippen molar-refractivity contribution in [3.05, 3.63) is 77.6 Å². The van der Waals surface area contributed by atoms with Gasteiger partial charge in [-0.2, -0.15) is 0 Å². The number of benzene rings is 3. The molecule has 3 aromatic carbocycles. The lowest BCUT2D eigenvalue weighted by molar-refractivity contribution is 0.357. The summed E-state index contributed by atoms with van der Waals surface area (Å²) in [7, 11) is 3.42. The number of ether oxygens (including phenoxy) is 2. The maximum absolute atomic E-state index is 14.1. The van der Waals surface area contributed by atoms with Crippen LogP contribution in [0.25, 0.3) is 0 Å². The first-order valence-electron chi connectivity index (χ1n) is 10.2. The number of nitrogens with one attached hydrogen (secondary N) is 1. The van der Waals surface area contributed by atoms with Crippen LogP contribution in [0.2, 0.25) is 0 Å². The fourth-order valence-corrected chi connectivity index (χ4v) is 5.09. The Balaban J connectivity index is 1.96. The smallest absolute Gasteiger partial charge is 0.164 e. The summed E-state index contributed by atoms with van der Waals surface area (Å²) in [6, 6.07) is 18.3. The fraction of sp³-hybridized carbons (Fsp3) is 0.280. The van der Waals surface area contributed by atoms with Crippen LogP contribution in [0.1, 0.15) is 31.4 Å². The van der Waals surface area contributed by atoms with Gasteiger partial charge in [0.1, 0.15) is 11.6 Å². The van der Waals surface area contributed by atoms with Crippen molar-refractivity contribution in [3.8, 4) is 17.2 Å². The topological polar surface area (TPSA) is 50.7 Å². The average Bonchev–Trinajstić information content (AvgIpc) is 2.80. The standard InChI is InChI=1S/C25H29FNO3P/c1-5-25(2,21-14-20(29-3)15-22(30-4)24(21)28)31-23-12-11-18(26)13-17(23)16-27-19-9-7-6-8-10-19/h6-15,27-28,31H,5,16H2,1-4H3. The molecule has 2 N–H and O–H groups in total. The number of hydrogen-bond acceptors (Lipinski definition) is 4. The Morgan fingerprint density at radius 1 is 1.03 bits per heavy atom. The number of halogens is 1. The fourth-order valence-electron chi connectivity index (χ4n) is 3.50. The molecule has 0 aliphatic heterocycles. The summed E-state index contributed by atoms with van der Waals surface area (Å²) in [5, 5.41) is 14.9. The quantitative estimate of drug-likeness (QED) is 0.413. The van der Waals surface area contributed by atoms with E-state index in [9.17, 15) is 9.50 Å². The summed E-state index contributed by atoms with van der Waals surface area (Å²) in [5.74, 6) is 0.858. The van der Waals surface area contributed by atoms with E-state index in [0.29, 0.717) is 26.6 Å². The highest BCUT2D eigenvalue weighted by atomic mass is 31.1. The minimum atomic E-state index is -0.384. The van der Waals surface area contributed by atoms with Crippen LogP contribution in [0.15, 0.2) is 60.7 Å². The van der Waals surface area contributed by atoms with Crippen molar-refractivity contribution in [3.63, 3.8) is 0 Å². The molecule has 164 valence electrons. The maximum atomic E-state index is 14.1. The van der Waals surface area contributed by atoms with Crippen molar-refractivity contribution < 1.29 is 19.0 Å². The molecule has 2 atom stereocenters. The Bertz CT molecular complexity index is 1030. The number of aromatic hydroxyl groups is 1. The third-order valence-electron chi connectivity index (χ3n) is 5.54. The molecule has 3 aromatic rings. The van der Waals surface area contributed by atoms with Gasteiger partial charge in [0, 0.05) is 29.0 Å². The number of para-hydroxylation sites is 1. The zero-order chi connectivity index (χ0) is 22.4. The van der Waals surface area contributed by atoms with E-state index >= 15 is 0 Å². The van der Waals surface area contributed by atoms with Crippen LogP contribution in [0, 0.1) is 5.82 Å². The van der Waals surface area contributed by atoms with Gasteiger partial charge in [-0.3, -0.25) is 0 Å². The molecule has 0 spiro atoms. The van der Waals surface area contributed by atoms with Crippen molar-refractivity contribution in [2.75, 3.05) is 19.5 Å². The second kappa shape index (κ2) is 10.0. The summed E-state index contributed by atoms with van der Waals surface area (Å²) in [6.07, 6.45) is 0.776. The largest absolute Gasteiger partial charge is 0.504 e. The van der Waals surface area contributed by atoms with Gasteiger partial charge in [-0.1, -0.05) is 46.7 Å². The Hall–Kier alpha value is -2.78. The average molecular weight is 441 g/mol. The molecule has 0 aliphatic rings. The molecular formula is C25H29FNO3P. The molecule has 0 radical (unpaired) electrons. The second-order valence-electron chi connectivity index (χ2n) is 7.56. The predicted molar refractivity (Wildman–Crippen MR) is 127 cm³/mol. The highest BCUT2D eigenvalue weighted by Crippen LogP contribution is 2.51. The zero-order valence-corrected chi connectivity index (χ0v) is 19.3. The molecular weight excluding hydrogens is 412 g/mol. The van der Waals surface area contributed by atoms with Crippen LogP contribution >= 0.6 is 8.58 Å². The van der Waals surface area contributed by atoms with Crippen molar-refractivity contribution in [1.29, 1.82) is 0 Å². The molecule has 2 unspecified atom stereocenters. The van der Waals surface area contributed by atoms with Gasteiger partial charge >= 0.3 is 0 Å². The van der Waals surface area contributed by atoms with E-state index in [4.69, 9.17) is 9.47 Å². The molecule has 0 amide bonds. The van der Waals surface area contributed by atoms with Crippen LogP contribution in [0.4, 0.5) is 10.1 Å². The van der Waals surface area contributed by atoms with Crippen molar-refractivity contribution in [2.24, 2.45) is 0 Å². The van der Waals surface area contributed by atoms with Gasteiger partial charge in [0.2, 0.25) is 0 Å². The van der Waals surface area contributed by atoms with Gasteiger partial charge in [0.15, 0.2) is 11.5 Å². The predicted octanol–water partition coefficient (Wildman–Crippen LogP) is 5.79. The molecule has 0 heterocycles. The zero-order valence-electron chi connectivity index (χ0n) is 18.3. The second-order valence-corrected chi connectivity index (χ2v) is 9.45. The summed E-state index contributed by atoms with van der Waals surface area (Å²) in [6.45, 7) is 4.71. The minimum Gasteiger partial charge on any atom is -0.504 e. The van der Waals surface area contributed by atoms with Crippen LogP contribution in [0.5, 0.6) is 17.2 Å². The van der Waals surface area contributed by atoms with Gasteiger partial charge in [-0.25, -0.2) is 4.39 Å². The first-order valence-corrected chi connectivity index (χ1v) is 11.2. The first-order chi connectivity index (χ1) is 14.9. The highest BCUT2D eigenvalue weighted by molar-refractivity contribution is 7.48. The van der Waals surface area contributed by atoms with Gasteiger partial charge < -0.3 is 19.9 Å². The summed E-state index contributed by atoms with van der Waals surface area (Å²) >= 11 is 0. The monoisotopic (exact) mass is 441 g/mol. The van der Waals surface area contributed by atoms with Crippen LogP contribution in [0.3, 0.4) is 0 Å². The third-order valence-corrected chi connectivity index (χ3v) is 7.47. The summed E-state index contributed by atoms with van der Waals surface area (Å²) < 4.78 is 24.9. The molecule has 0 saturated heterocycles. The van der Waals surface area contributed by atoms with E-state index in [0.717, 1.165) is 28.5 Å². The van der Waals surface area contributed by atoms with Crippen LogP contribution in [-0.2, 0) is 11.7 Å². The Morgan fingerprint density at radius 3 is 2.42 bits per heavy atom. The lowest BCUT2D eigenvalue weighted by Crippen LogP contribution is -2.21. The van der Waals surface area contributed by atoms with Crippen LogP contribution < -0.4 is 20.1 Å². The van der Waals surface area contributed by atoms with Gasteiger partial charge in [-0.15, -0.1) is 0 Å². The van der Waals surface area contributed by atoms with Gasteiger partial charge in [0.05, 0.1) is 14.2 Å². The van der Waals surface area contributed by atoms with E-state index in [2.05, 4.69) is 19.2 Å². The van der Waals surface area contributed by atoms with Crippen molar-refractivity contribution in [2.45, 2.75) is 32.0 Å². The number of phenols is 1. The van der Waals surface area contributed by atoms with E-state index in [1.165, 1.54) is 13.2 Å². The molecule has 4 nitrogen and oxygen atoms in total. The van der Waals surface area contributed by atoms with Crippen LogP contribution in [-0.4, -0.2) is 19.3 Å². The van der Waals surface area contributed by atoms with Gasteiger partial charge in [-0.05, 0) is 47.6 Å². The van der Waals surface area contributed by atoms with Gasteiger partial charge in [0.25, 0.3) is 0 Å². The molecule has 0 aliphatic carbocycles. The number of rotatable bonds is 9. The Kier molecular flexibility index (Phi) is 7.40. The van der Waals surface area contributed by atoms with E-state index in [-0.39, 0.29) is 16.7 Å². The Morgan fingerprint density at radius 2 is 1.77 bits per heavy atom. The maximum Gasteiger partial charge on any atom is 0.164 e. The minimum absolute atomic E-state index is 0.117. The molecule has 0 bridgehead atoms. The molecule has 0 fully saturated rings. The molecule has 31 heavy (non-hydrogen) atoms. The van der Waals surface area contributed by atoms with E-state index < -0.39 is 0 Å². The molecule has 3 rings (SSSR count). The lowest BCUT2D eigenvalue weighted by Gasteiger charge is -2.31. The summed E-state index contributed by atoms with van der Waals surface area (Å²) in [5.41, 5.74) is 2.64. The molecule has 6 heteroatoms. The first kappa shape index (κ1) is 22.9. The number of anilines is 1. The number of methoxy groups -OCH3 is 2. The summed E-state index contributed by atoms with van der Waals surface area (Å²) in [4.78, 5) is 0. The van der Waals surface area contributed by atoms with E-state index in [1.807, 2.05) is 42.5 Å². The molecule has 0 aromatic heterocycles.